The Kier molecular flexibility index (Phi) is 5.03. The third-order valence-electron chi connectivity index (χ3n) is 4.42. The number of hydrogen-bond donors (Lipinski definition) is 3. The first-order valence-corrected chi connectivity index (χ1v) is 7.45. The minimum atomic E-state index is -0.834. The number of carbonyl (C=O) groups is 3. The van der Waals surface area contributed by atoms with E-state index in [1.54, 1.807) is 6.92 Å². The summed E-state index contributed by atoms with van der Waals surface area (Å²) >= 11 is 0. The van der Waals surface area contributed by atoms with Crippen molar-refractivity contribution in [3.05, 3.63) is 0 Å². The molecule has 0 aromatic carbocycles. The van der Waals surface area contributed by atoms with E-state index in [0.717, 1.165) is 19.3 Å². The van der Waals surface area contributed by atoms with Crippen molar-refractivity contribution in [2.75, 3.05) is 13.2 Å². The monoisotopic (exact) mass is 298 g/mol. The zero-order valence-electron chi connectivity index (χ0n) is 12.1. The number of carbonyl (C=O) groups excluding carboxylic acids is 2. The number of hydrogen-bond acceptors (Lipinski definition) is 4. The van der Waals surface area contributed by atoms with Gasteiger partial charge in [0.05, 0.1) is 18.9 Å². The van der Waals surface area contributed by atoms with Crippen LogP contribution >= 0.6 is 0 Å². The van der Waals surface area contributed by atoms with Crippen LogP contribution in [0, 0.1) is 17.8 Å². The molecule has 2 fully saturated rings. The second-order valence-electron chi connectivity index (χ2n) is 5.68. The molecule has 0 spiro atoms. The third-order valence-corrected chi connectivity index (χ3v) is 4.42. The third kappa shape index (κ3) is 3.65. The molecule has 0 radical (unpaired) electrons. The second kappa shape index (κ2) is 6.78. The molecular formula is C14H22N2O5. The maximum atomic E-state index is 11.8. The summed E-state index contributed by atoms with van der Waals surface area (Å²) in [4.78, 5) is 34.3. The van der Waals surface area contributed by atoms with Crippen LogP contribution in [0.15, 0.2) is 0 Å². The SMILES string of the molecule is CCOC(=O)CCNC(=O)NC1C2CCC(C2)C1C(=O)O. The van der Waals surface area contributed by atoms with Crippen molar-refractivity contribution in [2.24, 2.45) is 17.8 Å². The fraction of sp³-hybridized carbons (Fsp3) is 0.786. The van der Waals surface area contributed by atoms with Gasteiger partial charge in [0.2, 0.25) is 0 Å². The Morgan fingerprint density at radius 3 is 2.62 bits per heavy atom. The first-order valence-electron chi connectivity index (χ1n) is 7.45. The number of nitrogens with one attached hydrogen (secondary N) is 2. The van der Waals surface area contributed by atoms with Crippen LogP contribution in [-0.2, 0) is 14.3 Å². The Bertz CT molecular complexity index is 426. The number of urea groups is 1. The normalized spacial score (nSPS) is 30.0. The summed E-state index contributed by atoms with van der Waals surface area (Å²) in [7, 11) is 0. The van der Waals surface area contributed by atoms with Crippen molar-refractivity contribution in [1.82, 2.24) is 10.6 Å². The maximum absolute atomic E-state index is 11.8. The molecule has 2 saturated carbocycles. The van der Waals surface area contributed by atoms with E-state index in [9.17, 15) is 19.5 Å². The summed E-state index contributed by atoms with van der Waals surface area (Å²) in [6.45, 7) is 2.22. The van der Waals surface area contributed by atoms with Gasteiger partial charge in [-0.15, -0.1) is 0 Å². The van der Waals surface area contributed by atoms with E-state index in [0.29, 0.717) is 6.61 Å². The summed E-state index contributed by atoms with van der Waals surface area (Å²) < 4.78 is 4.76. The Morgan fingerprint density at radius 1 is 1.24 bits per heavy atom. The molecule has 3 N–H and O–H groups in total. The van der Waals surface area contributed by atoms with Gasteiger partial charge in [0.25, 0.3) is 0 Å². The fourth-order valence-corrected chi connectivity index (χ4v) is 3.57. The van der Waals surface area contributed by atoms with Gasteiger partial charge in [-0.2, -0.15) is 0 Å². The maximum Gasteiger partial charge on any atom is 0.315 e. The van der Waals surface area contributed by atoms with Gasteiger partial charge in [-0.25, -0.2) is 4.79 Å². The smallest absolute Gasteiger partial charge is 0.315 e. The number of aliphatic carboxylic acids is 1. The minimum absolute atomic E-state index is 0.111. The average Bonchev–Trinajstić information content (AvgIpc) is 2.99. The number of fused-ring (bicyclic) bond motifs is 2. The van der Waals surface area contributed by atoms with E-state index in [1.807, 2.05) is 0 Å². The van der Waals surface area contributed by atoms with Gasteiger partial charge in [-0.1, -0.05) is 0 Å². The van der Waals surface area contributed by atoms with Crippen LogP contribution in [0.25, 0.3) is 0 Å². The van der Waals surface area contributed by atoms with E-state index in [2.05, 4.69) is 10.6 Å². The lowest BCUT2D eigenvalue weighted by Gasteiger charge is -2.28. The molecular weight excluding hydrogens is 276 g/mol. The van der Waals surface area contributed by atoms with Gasteiger partial charge in [-0.05, 0) is 38.0 Å². The molecule has 2 bridgehead atoms. The molecule has 2 aliphatic carbocycles. The molecule has 4 unspecified atom stereocenters. The first-order chi connectivity index (χ1) is 10.0. The molecule has 0 aromatic rings. The molecule has 4 atom stereocenters. The Morgan fingerprint density at radius 2 is 1.95 bits per heavy atom. The van der Waals surface area contributed by atoms with E-state index in [4.69, 9.17) is 4.74 Å². The van der Waals surface area contributed by atoms with Crippen molar-refractivity contribution in [2.45, 2.75) is 38.6 Å². The van der Waals surface area contributed by atoms with Crippen LogP contribution in [-0.4, -0.2) is 42.3 Å². The molecule has 21 heavy (non-hydrogen) atoms. The first kappa shape index (κ1) is 15.6. The molecule has 2 aliphatic rings. The lowest BCUT2D eigenvalue weighted by atomic mass is 9.84. The Labute approximate surface area is 123 Å². The molecule has 0 heterocycles. The van der Waals surface area contributed by atoms with Crippen molar-refractivity contribution in [3.63, 3.8) is 0 Å². The molecule has 0 aliphatic heterocycles. The van der Waals surface area contributed by atoms with Crippen molar-refractivity contribution in [3.8, 4) is 0 Å². The van der Waals surface area contributed by atoms with E-state index in [-0.39, 0.29) is 36.8 Å². The highest BCUT2D eigenvalue weighted by molar-refractivity contribution is 5.78. The fourth-order valence-electron chi connectivity index (χ4n) is 3.57. The van der Waals surface area contributed by atoms with Crippen molar-refractivity contribution >= 4 is 18.0 Å². The van der Waals surface area contributed by atoms with Gasteiger partial charge in [0.1, 0.15) is 0 Å². The van der Waals surface area contributed by atoms with Gasteiger partial charge >= 0.3 is 18.0 Å². The van der Waals surface area contributed by atoms with Crippen LogP contribution < -0.4 is 10.6 Å². The van der Waals surface area contributed by atoms with Crippen molar-refractivity contribution < 1.29 is 24.2 Å². The predicted molar refractivity (Wildman–Crippen MR) is 73.5 cm³/mol. The van der Waals surface area contributed by atoms with Crippen LogP contribution in [0.1, 0.15) is 32.6 Å². The number of carboxylic acids is 1. The van der Waals surface area contributed by atoms with E-state index < -0.39 is 17.9 Å². The lowest BCUT2D eigenvalue weighted by molar-refractivity contribution is -0.144. The molecule has 0 saturated heterocycles. The van der Waals surface area contributed by atoms with Crippen molar-refractivity contribution in [1.29, 1.82) is 0 Å². The molecule has 0 aromatic heterocycles. The summed E-state index contributed by atoms with van der Waals surface area (Å²) in [5.41, 5.74) is 0. The molecule has 7 nitrogen and oxygen atoms in total. The van der Waals surface area contributed by atoms with E-state index in [1.165, 1.54) is 0 Å². The molecule has 2 amide bonds. The molecule has 2 rings (SSSR count). The lowest BCUT2D eigenvalue weighted by Crippen LogP contribution is -2.50. The standard InChI is InChI=1S/C14H22N2O5/c1-2-21-10(17)5-6-15-14(20)16-12-9-4-3-8(7-9)11(12)13(18)19/h8-9,11-12H,2-7H2,1H3,(H,18,19)(H2,15,16,20). The van der Waals surface area contributed by atoms with Gasteiger partial charge in [0.15, 0.2) is 0 Å². The molecule has 7 heteroatoms. The summed E-state index contributed by atoms with van der Waals surface area (Å²) in [6.07, 6.45) is 2.90. The van der Waals surface area contributed by atoms with Crippen LogP contribution in [0.2, 0.25) is 0 Å². The van der Waals surface area contributed by atoms with Gasteiger partial charge in [0, 0.05) is 12.6 Å². The van der Waals surface area contributed by atoms with Crippen LogP contribution in [0.4, 0.5) is 4.79 Å². The average molecular weight is 298 g/mol. The summed E-state index contributed by atoms with van der Waals surface area (Å²) in [5.74, 6) is -1.25. The highest BCUT2D eigenvalue weighted by Crippen LogP contribution is 2.48. The number of carboxylic acid groups (broad SMARTS) is 1. The quantitative estimate of drug-likeness (QED) is 0.627. The molecule has 118 valence electrons. The van der Waals surface area contributed by atoms with Crippen LogP contribution in [0.5, 0.6) is 0 Å². The largest absolute Gasteiger partial charge is 0.481 e. The second-order valence-corrected chi connectivity index (χ2v) is 5.68. The Balaban J connectivity index is 1.77. The van der Waals surface area contributed by atoms with E-state index >= 15 is 0 Å². The van der Waals surface area contributed by atoms with Crippen LogP contribution in [0.3, 0.4) is 0 Å². The minimum Gasteiger partial charge on any atom is -0.481 e. The number of rotatable bonds is 6. The van der Waals surface area contributed by atoms with Gasteiger partial charge < -0.3 is 20.5 Å². The number of ether oxygens (including phenoxy) is 1. The summed E-state index contributed by atoms with van der Waals surface area (Å²) in [6, 6.07) is -0.716. The van der Waals surface area contributed by atoms with Gasteiger partial charge in [-0.3, -0.25) is 9.59 Å². The highest BCUT2D eigenvalue weighted by Gasteiger charge is 2.51. The Hall–Kier alpha value is -1.79. The zero-order chi connectivity index (χ0) is 15.4. The predicted octanol–water partition coefficient (Wildman–Crippen LogP) is 0.738. The highest BCUT2D eigenvalue weighted by atomic mass is 16.5. The number of amides is 2. The topological polar surface area (TPSA) is 105 Å². The zero-order valence-corrected chi connectivity index (χ0v) is 12.1. The number of esters is 1. The summed E-state index contributed by atoms with van der Waals surface area (Å²) in [5, 5.41) is 14.6.